The third kappa shape index (κ3) is 2.22. The monoisotopic (exact) mass is 324 g/mol. The van der Waals surface area contributed by atoms with Crippen LogP contribution in [0.4, 0.5) is 11.5 Å². The minimum absolute atomic E-state index is 0.456. The zero-order valence-electron chi connectivity index (χ0n) is 13.0. The molecule has 0 atom stereocenters. The normalized spacial score (nSPS) is 18.2. The highest BCUT2D eigenvalue weighted by molar-refractivity contribution is 5.62. The molecule has 1 saturated carbocycles. The van der Waals surface area contributed by atoms with Crippen molar-refractivity contribution in [3.05, 3.63) is 30.3 Å². The highest BCUT2D eigenvalue weighted by atomic mass is 16.7. The van der Waals surface area contributed by atoms with Gasteiger partial charge in [-0.1, -0.05) is 6.42 Å². The van der Waals surface area contributed by atoms with Crippen LogP contribution in [0.25, 0.3) is 5.65 Å². The first kappa shape index (κ1) is 13.5. The Morgan fingerprint density at radius 3 is 2.79 bits per heavy atom. The molecule has 3 heterocycles. The third-order valence-electron chi connectivity index (χ3n) is 4.49. The lowest BCUT2D eigenvalue weighted by Gasteiger charge is -2.31. The Morgan fingerprint density at radius 1 is 1.00 bits per heavy atom. The van der Waals surface area contributed by atoms with E-state index in [-0.39, 0.29) is 0 Å². The number of ether oxygens (including phenoxy) is 2. The Labute approximate surface area is 137 Å². The summed E-state index contributed by atoms with van der Waals surface area (Å²) in [7, 11) is 0. The molecule has 8 nitrogen and oxygen atoms in total. The van der Waals surface area contributed by atoms with Gasteiger partial charge in [0, 0.05) is 24.6 Å². The molecule has 0 saturated heterocycles. The van der Waals surface area contributed by atoms with Gasteiger partial charge in [-0.3, -0.25) is 0 Å². The van der Waals surface area contributed by atoms with E-state index in [4.69, 9.17) is 9.47 Å². The number of aromatic nitrogens is 5. The Hall–Kier alpha value is -2.90. The first-order valence-electron chi connectivity index (χ1n) is 8.14. The van der Waals surface area contributed by atoms with Gasteiger partial charge < -0.3 is 14.8 Å². The smallest absolute Gasteiger partial charge is 0.251 e. The molecule has 1 fully saturated rings. The molecular formula is C16H16N6O2. The van der Waals surface area contributed by atoms with Crippen molar-refractivity contribution >= 4 is 17.2 Å². The number of anilines is 2. The minimum Gasteiger partial charge on any atom is -0.448 e. The van der Waals surface area contributed by atoms with Crippen molar-refractivity contribution in [2.24, 2.45) is 0 Å². The number of hydrogen-bond donors (Lipinski definition) is 1. The van der Waals surface area contributed by atoms with E-state index in [1.165, 1.54) is 11.1 Å². The van der Waals surface area contributed by atoms with Gasteiger partial charge in [-0.2, -0.15) is 0 Å². The van der Waals surface area contributed by atoms with E-state index in [0.29, 0.717) is 11.5 Å². The summed E-state index contributed by atoms with van der Waals surface area (Å²) >= 11 is 0. The maximum absolute atomic E-state index is 6.15. The predicted octanol–water partition coefficient (Wildman–Crippen LogP) is 2.69. The van der Waals surface area contributed by atoms with Crippen LogP contribution in [-0.4, -0.2) is 31.0 Å². The molecule has 1 aromatic carbocycles. The molecule has 0 bridgehead atoms. The van der Waals surface area contributed by atoms with Crippen molar-refractivity contribution in [2.75, 3.05) is 5.32 Å². The summed E-state index contributed by atoms with van der Waals surface area (Å²) in [4.78, 5) is 0. The van der Waals surface area contributed by atoms with E-state index in [2.05, 4.69) is 25.9 Å². The third-order valence-corrected chi connectivity index (χ3v) is 4.49. The van der Waals surface area contributed by atoms with Crippen LogP contribution in [0.15, 0.2) is 30.3 Å². The number of fused-ring (bicyclic) bond motifs is 2. The lowest BCUT2D eigenvalue weighted by atomic mass is 9.94. The van der Waals surface area contributed by atoms with Gasteiger partial charge in [0.25, 0.3) is 5.79 Å². The molecule has 0 unspecified atom stereocenters. The Kier molecular flexibility index (Phi) is 2.85. The van der Waals surface area contributed by atoms with Crippen LogP contribution in [0.3, 0.4) is 0 Å². The largest absolute Gasteiger partial charge is 0.448 e. The van der Waals surface area contributed by atoms with Gasteiger partial charge in [0.1, 0.15) is 0 Å². The number of nitrogens with zero attached hydrogens (tertiary/aromatic N) is 5. The van der Waals surface area contributed by atoms with Crippen LogP contribution in [0.1, 0.15) is 32.1 Å². The molecule has 24 heavy (non-hydrogen) atoms. The Balaban J connectivity index is 1.40. The van der Waals surface area contributed by atoms with Crippen molar-refractivity contribution in [3.8, 4) is 11.5 Å². The van der Waals surface area contributed by atoms with Crippen LogP contribution in [0, 0.1) is 0 Å². The van der Waals surface area contributed by atoms with Gasteiger partial charge >= 0.3 is 0 Å². The SMILES string of the molecule is c1cc2c(cc1Nc1ccc3nnnn3n1)OC1(CCCCC1)O2. The summed E-state index contributed by atoms with van der Waals surface area (Å²) in [5.74, 6) is 1.79. The lowest BCUT2D eigenvalue weighted by Crippen LogP contribution is -2.40. The fourth-order valence-corrected chi connectivity index (χ4v) is 3.33. The molecule has 1 spiro atoms. The average molecular weight is 324 g/mol. The number of nitrogens with one attached hydrogen (secondary N) is 1. The number of hydrogen-bond acceptors (Lipinski definition) is 7. The highest BCUT2D eigenvalue weighted by Crippen LogP contribution is 2.46. The molecule has 3 aromatic rings. The summed E-state index contributed by atoms with van der Waals surface area (Å²) in [5, 5.41) is 18.8. The summed E-state index contributed by atoms with van der Waals surface area (Å²) in [6.07, 6.45) is 5.44. The predicted molar refractivity (Wildman–Crippen MR) is 85.4 cm³/mol. The topological polar surface area (TPSA) is 86.5 Å². The first-order chi connectivity index (χ1) is 11.8. The van der Waals surface area contributed by atoms with E-state index in [1.807, 2.05) is 24.3 Å². The number of benzene rings is 1. The summed E-state index contributed by atoms with van der Waals surface area (Å²) in [5.41, 5.74) is 1.48. The summed E-state index contributed by atoms with van der Waals surface area (Å²) in [6, 6.07) is 9.48. The van der Waals surface area contributed by atoms with Crippen LogP contribution in [-0.2, 0) is 0 Å². The van der Waals surface area contributed by atoms with E-state index >= 15 is 0 Å². The number of rotatable bonds is 2. The molecule has 0 radical (unpaired) electrons. The molecular weight excluding hydrogens is 308 g/mol. The van der Waals surface area contributed by atoms with Crippen LogP contribution in [0.2, 0.25) is 0 Å². The van der Waals surface area contributed by atoms with E-state index < -0.39 is 5.79 Å². The molecule has 1 aliphatic carbocycles. The van der Waals surface area contributed by atoms with Crippen molar-refractivity contribution in [1.29, 1.82) is 0 Å². The number of tetrazole rings is 1. The second kappa shape index (κ2) is 5.05. The van der Waals surface area contributed by atoms with Crippen molar-refractivity contribution in [2.45, 2.75) is 37.9 Å². The van der Waals surface area contributed by atoms with Gasteiger partial charge in [0.2, 0.25) is 0 Å². The van der Waals surface area contributed by atoms with E-state index in [9.17, 15) is 0 Å². The zero-order chi connectivity index (χ0) is 16.0. The molecule has 1 aliphatic heterocycles. The maximum Gasteiger partial charge on any atom is 0.251 e. The minimum atomic E-state index is -0.456. The molecule has 1 N–H and O–H groups in total. The molecule has 8 heteroatoms. The van der Waals surface area contributed by atoms with Gasteiger partial charge in [-0.15, -0.1) is 14.8 Å². The quantitative estimate of drug-likeness (QED) is 0.775. The second-order valence-corrected chi connectivity index (χ2v) is 6.21. The molecule has 2 aromatic heterocycles. The van der Waals surface area contributed by atoms with E-state index in [1.54, 1.807) is 6.07 Å². The molecule has 2 aliphatic rings. The Morgan fingerprint density at radius 2 is 1.88 bits per heavy atom. The van der Waals surface area contributed by atoms with Crippen LogP contribution in [0.5, 0.6) is 11.5 Å². The standard InChI is InChI=1S/C16H16N6O2/c1-2-8-16(9-3-1)23-12-5-4-11(10-13(12)24-16)17-14-6-7-15-18-20-21-22(15)19-14/h4-7,10H,1-3,8-9H2,(H,17,19). The van der Waals surface area contributed by atoms with Gasteiger partial charge in [-0.25, -0.2) is 0 Å². The highest BCUT2D eigenvalue weighted by Gasteiger charge is 2.42. The van der Waals surface area contributed by atoms with Gasteiger partial charge in [0.15, 0.2) is 23.0 Å². The summed E-state index contributed by atoms with van der Waals surface area (Å²) in [6.45, 7) is 0. The molecule has 5 rings (SSSR count). The van der Waals surface area contributed by atoms with Gasteiger partial charge in [0.05, 0.1) is 0 Å². The second-order valence-electron chi connectivity index (χ2n) is 6.21. The van der Waals surface area contributed by atoms with Crippen molar-refractivity contribution in [3.63, 3.8) is 0 Å². The lowest BCUT2D eigenvalue weighted by molar-refractivity contribution is -0.105. The van der Waals surface area contributed by atoms with Crippen molar-refractivity contribution < 1.29 is 9.47 Å². The Bertz CT molecular complexity index is 902. The fourth-order valence-electron chi connectivity index (χ4n) is 3.33. The molecule has 122 valence electrons. The maximum atomic E-state index is 6.15. The van der Waals surface area contributed by atoms with Crippen LogP contribution < -0.4 is 14.8 Å². The van der Waals surface area contributed by atoms with Crippen molar-refractivity contribution in [1.82, 2.24) is 25.3 Å². The average Bonchev–Trinajstić information content (AvgIpc) is 3.18. The van der Waals surface area contributed by atoms with Gasteiger partial charge in [-0.05, 0) is 47.5 Å². The van der Waals surface area contributed by atoms with E-state index in [0.717, 1.165) is 42.9 Å². The summed E-state index contributed by atoms with van der Waals surface area (Å²) < 4.78 is 13.6. The van der Waals surface area contributed by atoms with Crippen LogP contribution >= 0.6 is 0 Å². The molecule has 0 amide bonds. The zero-order valence-corrected chi connectivity index (χ0v) is 13.0. The fraction of sp³-hybridized carbons (Fsp3) is 0.375. The first-order valence-corrected chi connectivity index (χ1v) is 8.14.